The second-order valence-corrected chi connectivity index (χ2v) is 18.8. The summed E-state index contributed by atoms with van der Waals surface area (Å²) < 4.78 is 16.8. The van der Waals surface area contributed by atoms with Crippen molar-refractivity contribution in [2.45, 2.75) is 297 Å². The van der Waals surface area contributed by atoms with Crippen molar-refractivity contribution < 1.29 is 28.6 Å². The molecule has 0 radical (unpaired) electrons. The molecule has 0 saturated heterocycles. The molecule has 0 spiro atoms. The van der Waals surface area contributed by atoms with E-state index in [1.807, 2.05) is 0 Å². The number of hydrogen-bond acceptors (Lipinski definition) is 6. The fourth-order valence-corrected chi connectivity index (χ4v) is 7.99. The van der Waals surface area contributed by atoms with Crippen LogP contribution in [0.5, 0.6) is 0 Å². The summed E-state index contributed by atoms with van der Waals surface area (Å²) in [4.78, 5) is 38.1. The molecule has 0 aromatic heterocycles. The van der Waals surface area contributed by atoms with E-state index in [4.69, 9.17) is 14.2 Å². The Labute approximate surface area is 403 Å². The highest BCUT2D eigenvalue weighted by Crippen LogP contribution is 2.15. The van der Waals surface area contributed by atoms with Gasteiger partial charge in [-0.2, -0.15) is 0 Å². The van der Waals surface area contributed by atoms with Gasteiger partial charge >= 0.3 is 17.9 Å². The summed E-state index contributed by atoms with van der Waals surface area (Å²) in [6, 6.07) is 0. The lowest BCUT2D eigenvalue weighted by Gasteiger charge is -2.18. The van der Waals surface area contributed by atoms with E-state index in [9.17, 15) is 14.4 Å². The third kappa shape index (κ3) is 52.2. The van der Waals surface area contributed by atoms with Gasteiger partial charge in [-0.15, -0.1) is 0 Å². The molecule has 1 unspecified atom stereocenters. The van der Waals surface area contributed by atoms with Gasteiger partial charge in [-0.25, -0.2) is 0 Å². The minimum Gasteiger partial charge on any atom is -0.462 e. The van der Waals surface area contributed by atoms with E-state index in [2.05, 4.69) is 69.4 Å². The van der Waals surface area contributed by atoms with Crippen molar-refractivity contribution in [2.75, 3.05) is 13.2 Å². The van der Waals surface area contributed by atoms with Crippen LogP contribution in [-0.4, -0.2) is 37.2 Å². The Morgan fingerprint density at radius 1 is 0.308 bits per heavy atom. The van der Waals surface area contributed by atoms with Crippen LogP contribution < -0.4 is 0 Å². The molecule has 65 heavy (non-hydrogen) atoms. The van der Waals surface area contributed by atoms with Crippen molar-refractivity contribution in [3.63, 3.8) is 0 Å². The fraction of sp³-hybridized carbons (Fsp3) is 0.814. The van der Waals surface area contributed by atoms with Crippen molar-refractivity contribution in [2.24, 2.45) is 0 Å². The summed E-state index contributed by atoms with van der Waals surface area (Å²) in [5.74, 6) is -0.890. The van der Waals surface area contributed by atoms with Crippen molar-refractivity contribution in [1.82, 2.24) is 0 Å². The number of carbonyl (C=O) groups excluding carboxylic acids is 3. The van der Waals surface area contributed by atoms with Gasteiger partial charge in [0.25, 0.3) is 0 Å². The molecule has 0 heterocycles. The molecule has 0 N–H and O–H groups in total. The van der Waals surface area contributed by atoms with E-state index in [1.54, 1.807) is 0 Å². The topological polar surface area (TPSA) is 78.9 Å². The first-order chi connectivity index (χ1) is 32.0. The van der Waals surface area contributed by atoms with Gasteiger partial charge in [-0.05, 0) is 103 Å². The molecule has 0 saturated carbocycles. The number of esters is 3. The minimum absolute atomic E-state index is 0.0804. The summed E-state index contributed by atoms with van der Waals surface area (Å²) in [5, 5.41) is 0. The maximum absolute atomic E-state index is 12.8. The zero-order valence-corrected chi connectivity index (χ0v) is 43.3. The smallest absolute Gasteiger partial charge is 0.306 e. The van der Waals surface area contributed by atoms with Gasteiger partial charge in [0.05, 0.1) is 0 Å². The average molecular weight is 911 g/mol. The lowest BCUT2D eigenvalue weighted by Crippen LogP contribution is -2.30. The third-order valence-corrected chi connectivity index (χ3v) is 12.3. The second kappa shape index (κ2) is 54.0. The van der Waals surface area contributed by atoms with E-state index in [0.29, 0.717) is 19.3 Å². The molecule has 6 heteroatoms. The number of carbonyl (C=O) groups is 3. The number of hydrogen-bond donors (Lipinski definition) is 0. The zero-order valence-electron chi connectivity index (χ0n) is 43.3. The van der Waals surface area contributed by atoms with Crippen LogP contribution in [0.1, 0.15) is 290 Å². The van der Waals surface area contributed by atoms with E-state index in [0.717, 1.165) is 77.0 Å². The Morgan fingerprint density at radius 3 is 0.908 bits per heavy atom. The number of rotatable bonds is 51. The molecule has 0 aromatic carbocycles. The van der Waals surface area contributed by atoms with Crippen molar-refractivity contribution in [3.8, 4) is 0 Å². The van der Waals surface area contributed by atoms with Gasteiger partial charge in [0.1, 0.15) is 13.2 Å². The van der Waals surface area contributed by atoms with Crippen LogP contribution >= 0.6 is 0 Å². The van der Waals surface area contributed by atoms with Crippen molar-refractivity contribution in [1.29, 1.82) is 0 Å². The molecule has 378 valence electrons. The Balaban J connectivity index is 4.38. The fourth-order valence-electron chi connectivity index (χ4n) is 7.99. The molecule has 1 atom stereocenters. The van der Waals surface area contributed by atoms with E-state index in [-0.39, 0.29) is 31.1 Å². The van der Waals surface area contributed by atoms with E-state index in [1.165, 1.54) is 173 Å². The molecule has 0 aromatic rings. The van der Waals surface area contributed by atoms with Gasteiger partial charge in [-0.3, -0.25) is 14.4 Å². The minimum atomic E-state index is -0.781. The number of unbranched alkanes of at least 4 members (excludes halogenated alkanes) is 32. The highest BCUT2D eigenvalue weighted by molar-refractivity contribution is 5.71. The summed E-state index contributed by atoms with van der Waals surface area (Å²) >= 11 is 0. The van der Waals surface area contributed by atoms with Crippen LogP contribution in [0.25, 0.3) is 0 Å². The van der Waals surface area contributed by atoms with Gasteiger partial charge in [0.15, 0.2) is 6.10 Å². The van der Waals surface area contributed by atoms with Crippen LogP contribution in [0.15, 0.2) is 48.6 Å². The molecule has 6 nitrogen and oxygen atoms in total. The monoisotopic (exact) mass is 911 g/mol. The Bertz CT molecular complexity index is 1140. The Morgan fingerprint density at radius 2 is 0.554 bits per heavy atom. The predicted octanol–water partition coefficient (Wildman–Crippen LogP) is 18.7. The van der Waals surface area contributed by atoms with Gasteiger partial charge in [0, 0.05) is 19.3 Å². The third-order valence-electron chi connectivity index (χ3n) is 12.3. The lowest BCUT2D eigenvalue weighted by atomic mass is 10.1. The normalized spacial score (nSPS) is 12.4. The van der Waals surface area contributed by atoms with Crippen LogP contribution in [0.3, 0.4) is 0 Å². The largest absolute Gasteiger partial charge is 0.462 e. The standard InChI is InChI=1S/C59H106O6/c1-4-7-10-13-16-19-22-25-27-29-31-34-37-40-43-46-49-52-58(61)64-55-56(54-63-57(60)51-48-45-42-39-36-33-24-21-18-15-12-9-6-3)65-59(62)53-50-47-44-41-38-35-32-30-28-26-23-20-17-14-11-8-5-2/h16,19,21,24-28,56H,4-15,17-18,20,22-23,29-55H2,1-3H3/b19-16-,24-21-,27-25-,28-26-. The first-order valence-corrected chi connectivity index (χ1v) is 28.1. The molecule has 0 amide bonds. The first kappa shape index (κ1) is 62.4. The Kier molecular flexibility index (Phi) is 51.8. The summed E-state index contributed by atoms with van der Waals surface area (Å²) in [6.07, 6.45) is 65.2. The predicted molar refractivity (Wildman–Crippen MR) is 279 cm³/mol. The van der Waals surface area contributed by atoms with Crippen LogP contribution in [0.4, 0.5) is 0 Å². The van der Waals surface area contributed by atoms with Crippen LogP contribution in [-0.2, 0) is 28.6 Å². The maximum Gasteiger partial charge on any atom is 0.306 e. The quantitative estimate of drug-likeness (QED) is 0.0262. The number of allylic oxidation sites excluding steroid dienone is 8. The van der Waals surface area contributed by atoms with Crippen LogP contribution in [0, 0.1) is 0 Å². The average Bonchev–Trinajstić information content (AvgIpc) is 3.30. The zero-order chi connectivity index (χ0) is 47.2. The highest BCUT2D eigenvalue weighted by atomic mass is 16.6. The maximum atomic E-state index is 12.8. The molecule has 0 aliphatic heterocycles. The molecule has 0 rings (SSSR count). The summed E-state index contributed by atoms with van der Waals surface area (Å²) in [7, 11) is 0. The van der Waals surface area contributed by atoms with Crippen LogP contribution in [0.2, 0.25) is 0 Å². The van der Waals surface area contributed by atoms with Gasteiger partial charge < -0.3 is 14.2 Å². The molecular formula is C59H106O6. The number of ether oxygens (including phenoxy) is 3. The Hall–Kier alpha value is -2.63. The first-order valence-electron chi connectivity index (χ1n) is 28.1. The van der Waals surface area contributed by atoms with Crippen molar-refractivity contribution >= 4 is 17.9 Å². The molecule has 0 aliphatic rings. The summed E-state index contributed by atoms with van der Waals surface area (Å²) in [6.45, 7) is 6.60. The van der Waals surface area contributed by atoms with E-state index < -0.39 is 6.10 Å². The van der Waals surface area contributed by atoms with E-state index >= 15 is 0 Å². The molecule has 0 bridgehead atoms. The van der Waals surface area contributed by atoms with Crippen molar-refractivity contribution in [3.05, 3.63) is 48.6 Å². The SMILES string of the molecule is CCCCC/C=C\C/C=C\CCCCCCCCCC(=O)OCC(COC(=O)CCCCCCC/C=C\CCCCCC)OC(=O)CCCCCCCCC/C=C\CCCCCCCC. The lowest BCUT2D eigenvalue weighted by molar-refractivity contribution is -0.167. The van der Waals surface area contributed by atoms with Gasteiger partial charge in [0.2, 0.25) is 0 Å². The second-order valence-electron chi connectivity index (χ2n) is 18.8. The molecule has 0 aliphatic carbocycles. The molecular weight excluding hydrogens is 805 g/mol. The molecule has 0 fully saturated rings. The summed E-state index contributed by atoms with van der Waals surface area (Å²) in [5.41, 5.74) is 0. The van der Waals surface area contributed by atoms with Gasteiger partial charge in [-0.1, -0.05) is 217 Å². The highest BCUT2D eigenvalue weighted by Gasteiger charge is 2.19.